The van der Waals surface area contributed by atoms with Crippen LogP contribution >= 0.6 is 11.8 Å². The second-order valence-corrected chi connectivity index (χ2v) is 8.23. The van der Waals surface area contributed by atoms with Crippen molar-refractivity contribution < 1.29 is 9.59 Å². The smallest absolute Gasteiger partial charge is 0.243 e. The summed E-state index contributed by atoms with van der Waals surface area (Å²) in [6.45, 7) is 4.37. The van der Waals surface area contributed by atoms with Crippen LogP contribution < -0.4 is 5.32 Å². The molecule has 3 rings (SSSR count). The summed E-state index contributed by atoms with van der Waals surface area (Å²) in [6.07, 6.45) is 6.03. The van der Waals surface area contributed by atoms with Crippen LogP contribution in [0, 0.1) is 5.92 Å². The Hall–Kier alpha value is -0.710. The van der Waals surface area contributed by atoms with Crippen molar-refractivity contribution in [2.45, 2.75) is 69.3 Å². The molecule has 0 aromatic carbocycles. The first kappa shape index (κ1) is 14.2. The average molecular weight is 296 g/mol. The molecule has 1 N–H and O–H groups in total. The van der Waals surface area contributed by atoms with Gasteiger partial charge in [0.15, 0.2) is 0 Å². The Bertz CT molecular complexity index is 420. The molecule has 0 bridgehead atoms. The quantitative estimate of drug-likeness (QED) is 0.849. The number of nitrogens with zero attached hydrogens (tertiary/aromatic N) is 1. The van der Waals surface area contributed by atoms with Crippen molar-refractivity contribution in [1.29, 1.82) is 0 Å². The molecule has 2 unspecified atom stereocenters. The van der Waals surface area contributed by atoms with Crippen molar-refractivity contribution in [2.75, 3.05) is 5.75 Å². The first-order valence-corrected chi connectivity index (χ1v) is 8.75. The molecule has 2 atom stereocenters. The van der Waals surface area contributed by atoms with Crippen LogP contribution in [0.5, 0.6) is 0 Å². The third-order valence-electron chi connectivity index (χ3n) is 5.11. The molecule has 2 saturated heterocycles. The Morgan fingerprint density at radius 2 is 2.05 bits per heavy atom. The number of carbonyl (C=O) groups is 2. The highest BCUT2D eigenvalue weighted by atomic mass is 32.2. The van der Waals surface area contributed by atoms with Gasteiger partial charge >= 0.3 is 0 Å². The normalized spacial score (nSPS) is 40.8. The molecule has 5 heteroatoms. The molecule has 2 aliphatic heterocycles. The van der Waals surface area contributed by atoms with Crippen molar-refractivity contribution in [3.8, 4) is 0 Å². The van der Waals surface area contributed by atoms with E-state index in [-0.39, 0.29) is 22.7 Å². The van der Waals surface area contributed by atoms with Crippen molar-refractivity contribution in [2.24, 2.45) is 5.92 Å². The molecule has 2 heterocycles. The summed E-state index contributed by atoms with van der Waals surface area (Å²) in [5.74, 6) is 1.75. The lowest BCUT2D eigenvalue weighted by atomic mass is 9.87. The Morgan fingerprint density at radius 3 is 2.75 bits per heavy atom. The highest BCUT2D eigenvalue weighted by Crippen LogP contribution is 2.47. The zero-order valence-corrected chi connectivity index (χ0v) is 13.2. The second kappa shape index (κ2) is 5.24. The number of amides is 2. The molecular weight excluding hydrogens is 272 g/mol. The van der Waals surface area contributed by atoms with Crippen LogP contribution in [0.15, 0.2) is 0 Å². The van der Waals surface area contributed by atoms with E-state index >= 15 is 0 Å². The molecule has 3 aliphatic rings. The van der Waals surface area contributed by atoms with Gasteiger partial charge in [0.1, 0.15) is 6.04 Å². The molecule has 4 nitrogen and oxygen atoms in total. The number of thioether (sulfide) groups is 1. The van der Waals surface area contributed by atoms with Gasteiger partial charge in [-0.25, -0.2) is 0 Å². The van der Waals surface area contributed by atoms with Gasteiger partial charge in [0, 0.05) is 18.2 Å². The van der Waals surface area contributed by atoms with Gasteiger partial charge in [0.05, 0.1) is 4.87 Å². The van der Waals surface area contributed by atoms with Gasteiger partial charge in [-0.2, -0.15) is 0 Å². The zero-order valence-electron chi connectivity index (χ0n) is 12.4. The van der Waals surface area contributed by atoms with Crippen LogP contribution in [0.3, 0.4) is 0 Å². The fourth-order valence-corrected chi connectivity index (χ4v) is 5.15. The van der Waals surface area contributed by atoms with Gasteiger partial charge in [-0.15, -0.1) is 11.8 Å². The fourth-order valence-electron chi connectivity index (χ4n) is 3.72. The minimum atomic E-state index is -0.251. The number of carbonyl (C=O) groups excluding carboxylic acids is 2. The summed E-state index contributed by atoms with van der Waals surface area (Å²) in [6, 6.07) is 0.0626. The number of hydrogen-bond acceptors (Lipinski definition) is 3. The van der Waals surface area contributed by atoms with Gasteiger partial charge in [0.2, 0.25) is 11.8 Å². The standard InChI is InChI=1S/C15H24N2O2S/c1-10-3-5-11(6-4-10)16-14(19)12-9-20-15(2)8-7-13(18)17(12)15/h10-12H,3-9H2,1-2H3,(H,16,19). The van der Waals surface area contributed by atoms with E-state index in [0.29, 0.717) is 12.5 Å². The monoisotopic (exact) mass is 296 g/mol. The molecule has 2 amide bonds. The topological polar surface area (TPSA) is 49.4 Å². The molecule has 20 heavy (non-hydrogen) atoms. The summed E-state index contributed by atoms with van der Waals surface area (Å²) in [5, 5.41) is 3.19. The van der Waals surface area contributed by atoms with Crippen LogP contribution in [-0.4, -0.2) is 39.4 Å². The van der Waals surface area contributed by atoms with E-state index in [1.54, 1.807) is 11.8 Å². The molecule has 3 fully saturated rings. The van der Waals surface area contributed by atoms with Crippen LogP contribution in [0.1, 0.15) is 52.4 Å². The Balaban J connectivity index is 1.62. The lowest BCUT2D eigenvalue weighted by Gasteiger charge is -2.32. The van der Waals surface area contributed by atoms with E-state index < -0.39 is 0 Å². The van der Waals surface area contributed by atoms with E-state index in [2.05, 4.69) is 19.2 Å². The maximum Gasteiger partial charge on any atom is 0.243 e. The van der Waals surface area contributed by atoms with Crippen molar-refractivity contribution in [3.05, 3.63) is 0 Å². The van der Waals surface area contributed by atoms with Crippen LogP contribution in [0.2, 0.25) is 0 Å². The predicted octanol–water partition coefficient (Wildman–Crippen LogP) is 2.14. The van der Waals surface area contributed by atoms with Crippen molar-refractivity contribution in [3.63, 3.8) is 0 Å². The second-order valence-electron chi connectivity index (χ2n) is 6.73. The highest BCUT2D eigenvalue weighted by molar-refractivity contribution is 8.01. The first-order valence-electron chi connectivity index (χ1n) is 7.76. The molecule has 0 aromatic heterocycles. The number of rotatable bonds is 2. The van der Waals surface area contributed by atoms with E-state index in [0.717, 1.165) is 30.9 Å². The Labute approximate surface area is 125 Å². The third kappa shape index (κ3) is 2.45. The number of hydrogen-bond donors (Lipinski definition) is 1. The largest absolute Gasteiger partial charge is 0.352 e. The van der Waals surface area contributed by atoms with Gasteiger partial charge < -0.3 is 10.2 Å². The van der Waals surface area contributed by atoms with Crippen LogP contribution in [-0.2, 0) is 9.59 Å². The van der Waals surface area contributed by atoms with Gasteiger partial charge in [-0.1, -0.05) is 6.92 Å². The average Bonchev–Trinajstić information content (AvgIpc) is 2.90. The maximum absolute atomic E-state index is 12.5. The number of fused-ring (bicyclic) bond motifs is 1. The van der Waals surface area contributed by atoms with Crippen LogP contribution in [0.25, 0.3) is 0 Å². The molecule has 112 valence electrons. The van der Waals surface area contributed by atoms with Gasteiger partial charge in [-0.05, 0) is 44.9 Å². The molecule has 0 radical (unpaired) electrons. The number of nitrogens with one attached hydrogen (secondary N) is 1. The summed E-state index contributed by atoms with van der Waals surface area (Å²) < 4.78 is 0. The zero-order chi connectivity index (χ0) is 14.3. The molecule has 1 aliphatic carbocycles. The molecular formula is C15H24N2O2S. The van der Waals surface area contributed by atoms with E-state index in [1.807, 2.05) is 4.90 Å². The van der Waals surface area contributed by atoms with E-state index in [1.165, 1.54) is 12.8 Å². The Kier molecular flexibility index (Phi) is 3.73. The highest BCUT2D eigenvalue weighted by Gasteiger charge is 2.53. The van der Waals surface area contributed by atoms with Gasteiger partial charge in [-0.3, -0.25) is 9.59 Å². The molecule has 1 saturated carbocycles. The summed E-state index contributed by atoms with van der Waals surface area (Å²) >= 11 is 1.76. The first-order chi connectivity index (χ1) is 9.49. The summed E-state index contributed by atoms with van der Waals surface area (Å²) in [7, 11) is 0. The minimum Gasteiger partial charge on any atom is -0.352 e. The third-order valence-corrected chi connectivity index (χ3v) is 6.61. The van der Waals surface area contributed by atoms with Crippen molar-refractivity contribution >= 4 is 23.6 Å². The molecule has 0 aromatic rings. The minimum absolute atomic E-state index is 0.0658. The fraction of sp³-hybridized carbons (Fsp3) is 0.867. The SMILES string of the molecule is CC1CCC(NC(=O)C2CSC3(C)CCC(=O)N23)CC1. The predicted molar refractivity (Wildman–Crippen MR) is 80.3 cm³/mol. The van der Waals surface area contributed by atoms with Crippen LogP contribution in [0.4, 0.5) is 0 Å². The van der Waals surface area contributed by atoms with Gasteiger partial charge in [0.25, 0.3) is 0 Å². The Morgan fingerprint density at radius 1 is 1.35 bits per heavy atom. The lowest BCUT2D eigenvalue weighted by molar-refractivity contribution is -0.138. The maximum atomic E-state index is 12.5. The van der Waals surface area contributed by atoms with Crippen molar-refractivity contribution in [1.82, 2.24) is 10.2 Å². The van der Waals surface area contributed by atoms with E-state index in [4.69, 9.17) is 0 Å². The summed E-state index contributed by atoms with van der Waals surface area (Å²) in [4.78, 5) is 26.3. The summed E-state index contributed by atoms with van der Waals surface area (Å²) in [5.41, 5.74) is 0. The molecule has 0 spiro atoms. The van der Waals surface area contributed by atoms with E-state index in [9.17, 15) is 9.59 Å². The lowest BCUT2D eigenvalue weighted by Crippen LogP contribution is -2.52.